The van der Waals surface area contributed by atoms with Crippen LogP contribution in [0, 0.1) is 0 Å². The molecular weight excluding hydrogens is 385 g/mol. The Bertz CT molecular complexity index is 404. The highest BCUT2D eigenvalue weighted by Gasteiger charge is 2.22. The Morgan fingerprint density at radius 2 is 1.03 bits per heavy atom. The van der Waals surface area contributed by atoms with Crippen molar-refractivity contribution in [3.8, 4) is 0 Å². The Morgan fingerprint density at radius 1 is 0.655 bits per heavy atom. The average molecular weight is 437 g/mol. The zero-order valence-corrected chi connectivity index (χ0v) is 20.9. The quantitative estimate of drug-likeness (QED) is 0.112. The standard InChI is InChI=1S/C23H50NO4P/c1-5-7-8-9-10-11-12-13-14-15-16-17-18-19-20-22-27-29(25,26)28-23-21-24(3,4)6-2/h5-23H2,1-4H3/p+1. The van der Waals surface area contributed by atoms with Gasteiger partial charge in [0.15, 0.2) is 0 Å². The molecule has 0 spiro atoms. The van der Waals surface area contributed by atoms with Gasteiger partial charge in [-0.3, -0.25) is 9.05 Å². The highest BCUT2D eigenvalue weighted by molar-refractivity contribution is 7.47. The molecule has 0 amide bonds. The van der Waals surface area contributed by atoms with E-state index >= 15 is 0 Å². The number of quaternary nitrogens is 1. The highest BCUT2D eigenvalue weighted by atomic mass is 31.2. The van der Waals surface area contributed by atoms with Crippen LogP contribution in [0.1, 0.15) is 110 Å². The first-order valence-electron chi connectivity index (χ1n) is 12.3. The lowest BCUT2D eigenvalue weighted by molar-refractivity contribution is -0.888. The summed E-state index contributed by atoms with van der Waals surface area (Å²) < 4.78 is 22.7. The Balaban J connectivity index is 3.35. The van der Waals surface area contributed by atoms with Crippen LogP contribution in [0.5, 0.6) is 0 Å². The van der Waals surface area contributed by atoms with E-state index < -0.39 is 7.82 Å². The second-order valence-electron chi connectivity index (χ2n) is 9.06. The lowest BCUT2D eigenvalue weighted by Crippen LogP contribution is -2.41. The van der Waals surface area contributed by atoms with Crippen molar-refractivity contribution in [1.29, 1.82) is 0 Å². The van der Waals surface area contributed by atoms with E-state index in [4.69, 9.17) is 9.05 Å². The van der Waals surface area contributed by atoms with Gasteiger partial charge in [0.2, 0.25) is 0 Å². The zero-order valence-electron chi connectivity index (χ0n) is 20.0. The Morgan fingerprint density at radius 3 is 1.45 bits per heavy atom. The summed E-state index contributed by atoms with van der Waals surface area (Å²) in [6, 6.07) is 0. The largest absolute Gasteiger partial charge is 0.472 e. The number of phosphoric ester groups is 1. The molecule has 0 fully saturated rings. The van der Waals surface area contributed by atoms with E-state index in [2.05, 4.69) is 27.9 Å². The van der Waals surface area contributed by atoms with Gasteiger partial charge in [-0.2, -0.15) is 0 Å². The lowest BCUT2D eigenvalue weighted by atomic mass is 10.0. The summed E-state index contributed by atoms with van der Waals surface area (Å²) in [4.78, 5) is 9.70. The molecule has 0 heterocycles. The van der Waals surface area contributed by atoms with Crippen molar-refractivity contribution in [3.63, 3.8) is 0 Å². The van der Waals surface area contributed by atoms with Crippen LogP contribution in [0.2, 0.25) is 0 Å². The minimum atomic E-state index is -3.89. The molecule has 0 bridgehead atoms. The van der Waals surface area contributed by atoms with Gasteiger partial charge in [-0.25, -0.2) is 4.57 Å². The van der Waals surface area contributed by atoms with E-state index in [-0.39, 0.29) is 6.61 Å². The molecule has 0 aliphatic carbocycles. The van der Waals surface area contributed by atoms with Crippen molar-refractivity contribution in [2.24, 2.45) is 0 Å². The summed E-state index contributed by atoms with van der Waals surface area (Å²) >= 11 is 0. The molecule has 0 saturated carbocycles. The van der Waals surface area contributed by atoms with Gasteiger partial charge in [0.25, 0.3) is 0 Å². The van der Waals surface area contributed by atoms with Gasteiger partial charge < -0.3 is 9.38 Å². The predicted octanol–water partition coefficient (Wildman–Crippen LogP) is 7.09. The molecule has 0 aliphatic rings. The Kier molecular flexibility index (Phi) is 18.9. The molecule has 0 aromatic heterocycles. The van der Waals surface area contributed by atoms with E-state index in [9.17, 15) is 9.46 Å². The van der Waals surface area contributed by atoms with E-state index in [0.717, 1.165) is 23.9 Å². The van der Waals surface area contributed by atoms with Crippen LogP contribution in [-0.4, -0.2) is 49.8 Å². The molecule has 0 radical (unpaired) electrons. The molecule has 5 nitrogen and oxygen atoms in total. The summed E-state index contributed by atoms with van der Waals surface area (Å²) in [5.74, 6) is 0. The number of hydrogen-bond donors (Lipinski definition) is 1. The van der Waals surface area contributed by atoms with E-state index in [1.54, 1.807) is 0 Å². The van der Waals surface area contributed by atoms with Crippen LogP contribution in [0.3, 0.4) is 0 Å². The fraction of sp³-hybridized carbons (Fsp3) is 1.00. The second-order valence-corrected chi connectivity index (χ2v) is 10.5. The van der Waals surface area contributed by atoms with Crippen LogP contribution in [-0.2, 0) is 13.6 Å². The first-order valence-corrected chi connectivity index (χ1v) is 13.8. The summed E-state index contributed by atoms with van der Waals surface area (Å²) in [7, 11) is 0.256. The summed E-state index contributed by atoms with van der Waals surface area (Å²) in [5, 5.41) is 0. The highest BCUT2D eigenvalue weighted by Crippen LogP contribution is 2.43. The van der Waals surface area contributed by atoms with E-state index in [0.29, 0.717) is 13.2 Å². The maximum atomic E-state index is 11.8. The van der Waals surface area contributed by atoms with E-state index in [1.807, 2.05) is 0 Å². The molecule has 0 aromatic carbocycles. The zero-order chi connectivity index (χ0) is 21.8. The number of likely N-dealkylation sites (N-methyl/N-ethyl adjacent to an activating group) is 1. The van der Waals surface area contributed by atoms with Crippen molar-refractivity contribution in [2.75, 3.05) is 40.4 Å². The number of rotatable bonds is 22. The minimum absolute atomic E-state index is 0.244. The number of nitrogens with zero attached hydrogens (tertiary/aromatic N) is 1. The number of hydrogen-bond acceptors (Lipinski definition) is 3. The van der Waals surface area contributed by atoms with Crippen molar-refractivity contribution in [2.45, 2.75) is 110 Å². The van der Waals surface area contributed by atoms with Crippen molar-refractivity contribution < 1.29 is 23.0 Å². The van der Waals surface area contributed by atoms with Gasteiger partial charge in [0.05, 0.1) is 27.2 Å². The third kappa shape index (κ3) is 21.1. The van der Waals surface area contributed by atoms with Crippen LogP contribution < -0.4 is 0 Å². The van der Waals surface area contributed by atoms with Gasteiger partial charge in [0, 0.05) is 0 Å². The van der Waals surface area contributed by atoms with Gasteiger partial charge >= 0.3 is 7.82 Å². The molecule has 1 unspecified atom stereocenters. The lowest BCUT2D eigenvalue weighted by Gasteiger charge is -2.28. The molecule has 0 rings (SSSR count). The summed E-state index contributed by atoms with van der Waals surface area (Å²) in [5.41, 5.74) is 0. The molecular formula is C23H51NO4P+. The SMILES string of the molecule is CCCCCCCCCCCCCCCCCOP(=O)(O)OCC[N+](C)(C)CC. The second kappa shape index (κ2) is 18.8. The maximum absolute atomic E-state index is 11.8. The molecule has 29 heavy (non-hydrogen) atoms. The number of phosphoric acid groups is 1. The molecule has 6 heteroatoms. The van der Waals surface area contributed by atoms with E-state index in [1.165, 1.54) is 83.5 Å². The van der Waals surface area contributed by atoms with Crippen LogP contribution in [0.15, 0.2) is 0 Å². The van der Waals surface area contributed by atoms with Gasteiger partial charge in [0.1, 0.15) is 13.2 Å². The van der Waals surface area contributed by atoms with Crippen LogP contribution >= 0.6 is 7.82 Å². The first-order chi connectivity index (χ1) is 13.8. The monoisotopic (exact) mass is 436 g/mol. The van der Waals surface area contributed by atoms with Gasteiger partial charge in [-0.1, -0.05) is 96.8 Å². The fourth-order valence-electron chi connectivity index (χ4n) is 3.25. The predicted molar refractivity (Wildman–Crippen MR) is 124 cm³/mol. The van der Waals surface area contributed by atoms with Crippen molar-refractivity contribution in [3.05, 3.63) is 0 Å². The molecule has 0 aliphatic heterocycles. The first kappa shape index (κ1) is 29.1. The Labute approximate surface area is 181 Å². The normalized spacial score (nSPS) is 14.2. The third-order valence-corrected chi connectivity index (χ3v) is 6.83. The molecule has 1 atom stereocenters. The van der Waals surface area contributed by atoms with Gasteiger partial charge in [-0.05, 0) is 13.3 Å². The van der Waals surface area contributed by atoms with Gasteiger partial charge in [-0.15, -0.1) is 0 Å². The topological polar surface area (TPSA) is 55.8 Å². The molecule has 176 valence electrons. The number of unbranched alkanes of at least 4 members (excludes halogenated alkanes) is 14. The summed E-state index contributed by atoms with van der Waals surface area (Å²) in [6.45, 7) is 6.56. The van der Waals surface area contributed by atoms with Crippen molar-refractivity contribution in [1.82, 2.24) is 0 Å². The third-order valence-electron chi connectivity index (χ3n) is 5.81. The van der Waals surface area contributed by atoms with Crippen LogP contribution in [0.25, 0.3) is 0 Å². The fourth-order valence-corrected chi connectivity index (χ4v) is 4.00. The molecule has 0 aromatic rings. The molecule has 1 N–H and O–H groups in total. The van der Waals surface area contributed by atoms with Crippen LogP contribution in [0.4, 0.5) is 0 Å². The van der Waals surface area contributed by atoms with Crippen molar-refractivity contribution >= 4 is 7.82 Å². The summed E-state index contributed by atoms with van der Waals surface area (Å²) in [6.07, 6.45) is 19.5. The smallest absolute Gasteiger partial charge is 0.327 e. The Hall–Kier alpha value is 0.0700. The average Bonchev–Trinajstić information content (AvgIpc) is 2.67. The minimum Gasteiger partial charge on any atom is -0.327 e. The maximum Gasteiger partial charge on any atom is 0.472 e. The molecule has 0 saturated heterocycles.